The van der Waals surface area contributed by atoms with E-state index in [0.717, 1.165) is 18.7 Å². The fraction of sp³-hybridized carbons (Fsp3) is 0.500. The predicted octanol–water partition coefficient (Wildman–Crippen LogP) is 2.27. The SMILES string of the molecule is CCNc1ccc(C(=O)NC(C)CCOC)cc1. The van der Waals surface area contributed by atoms with Gasteiger partial charge in [-0.05, 0) is 44.5 Å². The van der Waals surface area contributed by atoms with E-state index in [1.807, 2.05) is 38.1 Å². The average Bonchev–Trinajstić information content (AvgIpc) is 2.37. The van der Waals surface area contributed by atoms with E-state index in [0.29, 0.717) is 12.2 Å². The highest BCUT2D eigenvalue weighted by Crippen LogP contribution is 2.09. The van der Waals surface area contributed by atoms with E-state index in [2.05, 4.69) is 10.6 Å². The lowest BCUT2D eigenvalue weighted by atomic mass is 10.1. The number of carbonyl (C=O) groups is 1. The van der Waals surface area contributed by atoms with Crippen LogP contribution in [0.1, 0.15) is 30.6 Å². The quantitative estimate of drug-likeness (QED) is 0.780. The molecule has 0 aliphatic heterocycles. The van der Waals surface area contributed by atoms with E-state index < -0.39 is 0 Å². The third-order valence-electron chi connectivity index (χ3n) is 2.66. The molecule has 1 aromatic carbocycles. The molecular weight excluding hydrogens is 228 g/mol. The van der Waals surface area contributed by atoms with Crippen LogP contribution in [0.15, 0.2) is 24.3 Å². The fourth-order valence-electron chi connectivity index (χ4n) is 1.62. The molecule has 0 saturated heterocycles. The molecule has 1 unspecified atom stereocenters. The number of hydrogen-bond acceptors (Lipinski definition) is 3. The molecule has 0 radical (unpaired) electrons. The van der Waals surface area contributed by atoms with Crippen molar-refractivity contribution < 1.29 is 9.53 Å². The van der Waals surface area contributed by atoms with Gasteiger partial charge in [0.05, 0.1) is 0 Å². The largest absolute Gasteiger partial charge is 0.385 e. The van der Waals surface area contributed by atoms with Gasteiger partial charge in [0.15, 0.2) is 0 Å². The van der Waals surface area contributed by atoms with Gasteiger partial charge in [-0.15, -0.1) is 0 Å². The van der Waals surface area contributed by atoms with Crippen LogP contribution in [0.3, 0.4) is 0 Å². The Balaban J connectivity index is 2.50. The molecule has 0 heterocycles. The van der Waals surface area contributed by atoms with Crippen molar-refractivity contribution >= 4 is 11.6 Å². The Morgan fingerprint density at radius 1 is 1.33 bits per heavy atom. The molecule has 2 N–H and O–H groups in total. The van der Waals surface area contributed by atoms with Crippen molar-refractivity contribution in [1.82, 2.24) is 5.32 Å². The summed E-state index contributed by atoms with van der Waals surface area (Å²) in [5.41, 5.74) is 1.71. The van der Waals surface area contributed by atoms with Gasteiger partial charge in [-0.25, -0.2) is 0 Å². The summed E-state index contributed by atoms with van der Waals surface area (Å²) < 4.78 is 4.98. The van der Waals surface area contributed by atoms with Gasteiger partial charge in [-0.3, -0.25) is 4.79 Å². The molecule has 0 aliphatic rings. The van der Waals surface area contributed by atoms with Crippen LogP contribution in [0.5, 0.6) is 0 Å². The summed E-state index contributed by atoms with van der Waals surface area (Å²) in [7, 11) is 1.66. The Kier molecular flexibility index (Phi) is 6.22. The second-order valence-electron chi connectivity index (χ2n) is 4.26. The summed E-state index contributed by atoms with van der Waals surface area (Å²) >= 11 is 0. The first kappa shape index (κ1) is 14.5. The summed E-state index contributed by atoms with van der Waals surface area (Å²) in [6.07, 6.45) is 0.817. The first-order valence-electron chi connectivity index (χ1n) is 6.31. The van der Waals surface area contributed by atoms with Gasteiger partial charge in [0.25, 0.3) is 5.91 Å². The van der Waals surface area contributed by atoms with Gasteiger partial charge in [-0.1, -0.05) is 0 Å². The molecule has 4 nitrogen and oxygen atoms in total. The van der Waals surface area contributed by atoms with Gasteiger partial charge < -0.3 is 15.4 Å². The molecule has 100 valence electrons. The lowest BCUT2D eigenvalue weighted by Crippen LogP contribution is -2.33. The second-order valence-corrected chi connectivity index (χ2v) is 4.26. The topological polar surface area (TPSA) is 50.4 Å². The molecule has 1 rings (SSSR count). The number of methoxy groups -OCH3 is 1. The Morgan fingerprint density at radius 3 is 2.56 bits per heavy atom. The molecule has 0 aromatic heterocycles. The van der Waals surface area contributed by atoms with Crippen LogP contribution in [-0.4, -0.2) is 32.2 Å². The van der Waals surface area contributed by atoms with Gasteiger partial charge in [0.2, 0.25) is 0 Å². The van der Waals surface area contributed by atoms with Crippen LogP contribution in [0, 0.1) is 0 Å². The van der Waals surface area contributed by atoms with Crippen molar-refractivity contribution in [2.45, 2.75) is 26.3 Å². The number of nitrogens with one attached hydrogen (secondary N) is 2. The minimum atomic E-state index is -0.0401. The first-order valence-corrected chi connectivity index (χ1v) is 6.31. The molecular formula is C14H22N2O2. The van der Waals surface area contributed by atoms with Crippen LogP contribution >= 0.6 is 0 Å². The number of ether oxygens (including phenoxy) is 1. The second kappa shape index (κ2) is 7.71. The number of anilines is 1. The van der Waals surface area contributed by atoms with Gasteiger partial charge in [-0.2, -0.15) is 0 Å². The standard InChI is InChI=1S/C14H22N2O2/c1-4-15-13-7-5-12(6-8-13)14(17)16-11(2)9-10-18-3/h5-8,11,15H,4,9-10H2,1-3H3,(H,16,17). The van der Waals surface area contributed by atoms with E-state index in [1.165, 1.54) is 0 Å². The van der Waals surface area contributed by atoms with Crippen molar-refractivity contribution in [2.75, 3.05) is 25.6 Å². The zero-order chi connectivity index (χ0) is 13.4. The Bertz CT molecular complexity index is 363. The maximum Gasteiger partial charge on any atom is 0.251 e. The molecule has 0 spiro atoms. The van der Waals surface area contributed by atoms with Crippen molar-refractivity contribution in [1.29, 1.82) is 0 Å². The minimum absolute atomic E-state index is 0.0401. The third kappa shape index (κ3) is 4.75. The van der Waals surface area contributed by atoms with Gasteiger partial charge >= 0.3 is 0 Å². The number of hydrogen-bond donors (Lipinski definition) is 2. The van der Waals surface area contributed by atoms with Crippen LogP contribution in [0.25, 0.3) is 0 Å². The van der Waals surface area contributed by atoms with Crippen LogP contribution in [0.2, 0.25) is 0 Å². The van der Waals surface area contributed by atoms with Gasteiger partial charge in [0, 0.05) is 37.6 Å². The van der Waals surface area contributed by atoms with Crippen molar-refractivity contribution in [2.24, 2.45) is 0 Å². The molecule has 1 aromatic rings. The fourth-order valence-corrected chi connectivity index (χ4v) is 1.62. The van der Waals surface area contributed by atoms with Crippen LogP contribution in [-0.2, 0) is 4.74 Å². The molecule has 0 aliphatic carbocycles. The summed E-state index contributed by atoms with van der Waals surface area (Å²) in [6.45, 7) is 5.54. The highest BCUT2D eigenvalue weighted by molar-refractivity contribution is 5.94. The Morgan fingerprint density at radius 2 is 2.00 bits per heavy atom. The highest BCUT2D eigenvalue weighted by Gasteiger charge is 2.09. The first-order chi connectivity index (χ1) is 8.67. The highest BCUT2D eigenvalue weighted by atomic mass is 16.5. The summed E-state index contributed by atoms with van der Waals surface area (Å²) in [5, 5.41) is 6.14. The van der Waals surface area contributed by atoms with Gasteiger partial charge in [0.1, 0.15) is 0 Å². The monoisotopic (exact) mass is 250 g/mol. The summed E-state index contributed by atoms with van der Waals surface area (Å²) in [5.74, 6) is -0.0401. The van der Waals surface area contributed by atoms with Crippen molar-refractivity contribution in [3.8, 4) is 0 Å². The normalized spacial score (nSPS) is 11.9. The van der Waals surface area contributed by atoms with Crippen molar-refractivity contribution in [3.05, 3.63) is 29.8 Å². The molecule has 1 atom stereocenters. The van der Waals surface area contributed by atoms with E-state index in [-0.39, 0.29) is 11.9 Å². The van der Waals surface area contributed by atoms with E-state index >= 15 is 0 Å². The maximum absolute atomic E-state index is 11.9. The lowest BCUT2D eigenvalue weighted by Gasteiger charge is -2.13. The molecule has 0 bridgehead atoms. The molecule has 18 heavy (non-hydrogen) atoms. The van der Waals surface area contributed by atoms with E-state index in [4.69, 9.17) is 4.74 Å². The molecule has 4 heteroatoms. The Hall–Kier alpha value is -1.55. The maximum atomic E-state index is 11.9. The van der Waals surface area contributed by atoms with E-state index in [9.17, 15) is 4.79 Å². The molecule has 0 saturated carbocycles. The smallest absolute Gasteiger partial charge is 0.251 e. The minimum Gasteiger partial charge on any atom is -0.385 e. The van der Waals surface area contributed by atoms with E-state index in [1.54, 1.807) is 7.11 Å². The molecule has 1 amide bonds. The van der Waals surface area contributed by atoms with Crippen LogP contribution < -0.4 is 10.6 Å². The summed E-state index contributed by atoms with van der Waals surface area (Å²) in [4.78, 5) is 11.9. The number of benzene rings is 1. The van der Waals surface area contributed by atoms with Crippen LogP contribution in [0.4, 0.5) is 5.69 Å². The predicted molar refractivity (Wildman–Crippen MR) is 74.0 cm³/mol. The van der Waals surface area contributed by atoms with Crippen molar-refractivity contribution in [3.63, 3.8) is 0 Å². The average molecular weight is 250 g/mol. The summed E-state index contributed by atoms with van der Waals surface area (Å²) in [6, 6.07) is 7.61. The molecule has 0 fully saturated rings. The number of carbonyl (C=O) groups excluding carboxylic acids is 1. The number of rotatable bonds is 7. The lowest BCUT2D eigenvalue weighted by molar-refractivity contribution is 0.0929. The Labute approximate surface area is 109 Å². The zero-order valence-electron chi connectivity index (χ0n) is 11.3. The third-order valence-corrected chi connectivity index (χ3v) is 2.66. The zero-order valence-corrected chi connectivity index (χ0v) is 11.3. The number of amides is 1.